The van der Waals surface area contributed by atoms with E-state index in [4.69, 9.17) is 4.98 Å². The zero-order valence-electron chi connectivity index (χ0n) is 30.8. The minimum absolute atomic E-state index is 1.05. The molecule has 2 heterocycles. The summed E-state index contributed by atoms with van der Waals surface area (Å²) in [6, 6.07) is 74.7. The molecule has 0 bridgehead atoms. The Kier molecular flexibility index (Phi) is 8.24. The number of hydrogen-bond donors (Lipinski definition) is 0. The van der Waals surface area contributed by atoms with Crippen molar-refractivity contribution in [2.75, 3.05) is 4.90 Å². The van der Waals surface area contributed by atoms with Gasteiger partial charge in [-0.3, -0.25) is 0 Å². The van der Waals surface area contributed by atoms with Crippen molar-refractivity contribution in [3.05, 3.63) is 206 Å². The van der Waals surface area contributed by atoms with Crippen LogP contribution in [0.3, 0.4) is 0 Å². The van der Waals surface area contributed by atoms with Crippen molar-refractivity contribution >= 4 is 80.9 Å². The number of nitrogens with zero attached hydrogens (tertiary/aromatic N) is 2. The molecule has 4 heteroatoms. The van der Waals surface area contributed by atoms with Crippen molar-refractivity contribution in [2.45, 2.75) is 0 Å². The average Bonchev–Trinajstić information content (AvgIpc) is 3.89. The second-order valence-electron chi connectivity index (χ2n) is 14.4. The van der Waals surface area contributed by atoms with E-state index in [2.05, 4.69) is 211 Å². The van der Waals surface area contributed by atoms with E-state index in [0.29, 0.717) is 0 Å². The number of fused-ring (bicyclic) bond motifs is 6. The molecular formula is C53H34N2S2. The minimum atomic E-state index is 1.05. The number of benzene rings is 9. The summed E-state index contributed by atoms with van der Waals surface area (Å²) in [6.45, 7) is 0. The molecule has 2 aromatic heterocycles. The summed E-state index contributed by atoms with van der Waals surface area (Å²) >= 11 is 3.65. The zero-order chi connectivity index (χ0) is 37.7. The second-order valence-corrected chi connectivity index (χ2v) is 16.4. The van der Waals surface area contributed by atoms with Crippen LogP contribution in [0.1, 0.15) is 0 Å². The van der Waals surface area contributed by atoms with Gasteiger partial charge in [-0.25, -0.2) is 4.98 Å². The van der Waals surface area contributed by atoms with Crippen LogP contribution in [-0.4, -0.2) is 4.98 Å². The average molecular weight is 763 g/mol. The van der Waals surface area contributed by atoms with Crippen LogP contribution in [0.15, 0.2) is 206 Å². The highest BCUT2D eigenvalue weighted by Gasteiger charge is 2.21. The van der Waals surface area contributed by atoms with E-state index in [1.807, 2.05) is 11.3 Å². The van der Waals surface area contributed by atoms with Crippen LogP contribution in [0.4, 0.5) is 17.1 Å². The first-order chi connectivity index (χ1) is 28.2. The Hall–Kier alpha value is -6.85. The summed E-state index contributed by atoms with van der Waals surface area (Å²) in [6.07, 6.45) is 0. The van der Waals surface area contributed by atoms with Crippen LogP contribution < -0.4 is 4.90 Å². The molecule has 0 saturated heterocycles. The third-order valence-corrected chi connectivity index (χ3v) is 13.1. The minimum Gasteiger partial charge on any atom is -0.310 e. The molecule has 0 saturated carbocycles. The van der Waals surface area contributed by atoms with Crippen LogP contribution in [-0.2, 0) is 0 Å². The molecule has 0 aliphatic carbocycles. The largest absolute Gasteiger partial charge is 0.310 e. The molecule has 2 nitrogen and oxygen atoms in total. The molecule has 0 atom stereocenters. The van der Waals surface area contributed by atoms with Crippen LogP contribution in [0.25, 0.3) is 85.1 Å². The van der Waals surface area contributed by atoms with Crippen LogP contribution in [0.2, 0.25) is 0 Å². The quantitative estimate of drug-likeness (QED) is 0.161. The van der Waals surface area contributed by atoms with E-state index < -0.39 is 0 Å². The highest BCUT2D eigenvalue weighted by atomic mass is 32.1. The summed E-state index contributed by atoms with van der Waals surface area (Å²) < 4.78 is 3.78. The molecule has 0 aliphatic rings. The SMILES string of the molecule is c1ccc(-c2ccc(N(c3ccc4c(c3)sc3ccc5nc(-c6ccccc6)sc5c34)c3ccc(-c4ccccc4)cc3-c3ccc4ccccc4c3)cc2)cc1. The van der Waals surface area contributed by atoms with Crippen molar-refractivity contribution in [1.82, 2.24) is 4.98 Å². The Balaban J connectivity index is 1.12. The molecule has 0 spiro atoms. The first-order valence-corrected chi connectivity index (χ1v) is 20.8. The van der Waals surface area contributed by atoms with E-state index >= 15 is 0 Å². The lowest BCUT2D eigenvalue weighted by molar-refractivity contribution is 1.29. The lowest BCUT2D eigenvalue weighted by atomic mass is 9.94. The Labute approximate surface area is 339 Å². The maximum atomic E-state index is 5.07. The van der Waals surface area contributed by atoms with Crippen molar-refractivity contribution in [1.29, 1.82) is 0 Å². The maximum absolute atomic E-state index is 5.07. The molecule has 0 aliphatic heterocycles. The number of anilines is 3. The number of hydrogen-bond acceptors (Lipinski definition) is 4. The summed E-state index contributed by atoms with van der Waals surface area (Å²) in [5, 5.41) is 6.07. The molecule has 9 aromatic carbocycles. The predicted octanol–water partition coefficient (Wildman–Crippen LogP) is 16.0. The molecule has 11 aromatic rings. The number of rotatable bonds is 7. The third-order valence-electron chi connectivity index (χ3n) is 10.9. The van der Waals surface area contributed by atoms with E-state index in [1.165, 1.54) is 69.0 Å². The van der Waals surface area contributed by atoms with Gasteiger partial charge in [0.2, 0.25) is 0 Å². The van der Waals surface area contributed by atoms with Gasteiger partial charge in [-0.2, -0.15) is 0 Å². The van der Waals surface area contributed by atoms with Gasteiger partial charge in [-0.05, 0) is 93.2 Å². The van der Waals surface area contributed by atoms with Crippen molar-refractivity contribution in [3.63, 3.8) is 0 Å². The van der Waals surface area contributed by atoms with Gasteiger partial charge in [0, 0.05) is 42.7 Å². The van der Waals surface area contributed by atoms with Crippen LogP contribution >= 0.6 is 22.7 Å². The topological polar surface area (TPSA) is 16.1 Å². The lowest BCUT2D eigenvalue weighted by Gasteiger charge is -2.29. The molecule has 0 amide bonds. The van der Waals surface area contributed by atoms with E-state index in [9.17, 15) is 0 Å². The molecule has 0 fully saturated rings. The van der Waals surface area contributed by atoms with Crippen LogP contribution in [0, 0.1) is 0 Å². The van der Waals surface area contributed by atoms with Crippen molar-refractivity contribution in [3.8, 4) is 44.0 Å². The van der Waals surface area contributed by atoms with Gasteiger partial charge in [0.1, 0.15) is 5.01 Å². The third kappa shape index (κ3) is 6.07. The lowest BCUT2D eigenvalue weighted by Crippen LogP contribution is -2.11. The number of thiazole rings is 1. The molecule has 0 radical (unpaired) electrons. The summed E-state index contributed by atoms with van der Waals surface area (Å²) in [4.78, 5) is 7.51. The molecular weight excluding hydrogens is 729 g/mol. The second kappa shape index (κ2) is 14.0. The van der Waals surface area contributed by atoms with Gasteiger partial charge in [-0.15, -0.1) is 22.7 Å². The molecule has 0 N–H and O–H groups in total. The maximum Gasteiger partial charge on any atom is 0.124 e. The van der Waals surface area contributed by atoms with Gasteiger partial charge in [0.05, 0.1) is 15.9 Å². The monoisotopic (exact) mass is 762 g/mol. The van der Waals surface area contributed by atoms with E-state index in [1.54, 1.807) is 11.3 Å². The Morgan fingerprint density at radius 3 is 1.75 bits per heavy atom. The normalized spacial score (nSPS) is 11.5. The molecule has 0 unspecified atom stereocenters. The predicted molar refractivity (Wildman–Crippen MR) is 246 cm³/mol. The van der Waals surface area contributed by atoms with E-state index in [-0.39, 0.29) is 0 Å². The fraction of sp³-hybridized carbons (Fsp3) is 0. The highest BCUT2D eigenvalue weighted by molar-refractivity contribution is 7.28. The van der Waals surface area contributed by atoms with Crippen molar-refractivity contribution < 1.29 is 0 Å². The Morgan fingerprint density at radius 2 is 1.00 bits per heavy atom. The standard InChI is InChI=1S/C53H34N2S2/c1-4-12-35(13-5-1)38-22-25-43(26-23-38)55(48-30-24-41(36-14-6-2-7-15-36)33-46(48)42-21-20-37-16-10-11-19-40(37)32-42)44-27-28-45-50(34-44)56-49-31-29-47-52(51(45)49)57-53(54-47)39-17-8-3-9-18-39/h1-34H. The fourth-order valence-corrected chi connectivity index (χ4v) is 10.4. The Morgan fingerprint density at radius 1 is 0.386 bits per heavy atom. The highest BCUT2D eigenvalue weighted by Crippen LogP contribution is 2.47. The van der Waals surface area contributed by atoms with Gasteiger partial charge in [0.15, 0.2) is 0 Å². The molecule has 268 valence electrons. The fourth-order valence-electron chi connectivity index (χ4n) is 8.07. The van der Waals surface area contributed by atoms with Gasteiger partial charge in [0.25, 0.3) is 0 Å². The van der Waals surface area contributed by atoms with E-state index in [0.717, 1.165) is 33.1 Å². The molecule has 11 rings (SSSR count). The number of thiophene rings is 1. The summed E-state index contributed by atoms with van der Waals surface area (Å²) in [5.74, 6) is 0. The van der Waals surface area contributed by atoms with Crippen molar-refractivity contribution in [2.24, 2.45) is 0 Å². The van der Waals surface area contributed by atoms with Gasteiger partial charge < -0.3 is 4.90 Å². The van der Waals surface area contributed by atoms with Gasteiger partial charge in [-0.1, -0.05) is 152 Å². The first-order valence-electron chi connectivity index (χ1n) is 19.2. The summed E-state index contributed by atoms with van der Waals surface area (Å²) in [7, 11) is 0. The first kappa shape index (κ1) is 33.5. The summed E-state index contributed by atoms with van der Waals surface area (Å²) in [5.41, 5.74) is 12.7. The Bertz CT molecular complexity index is 3220. The van der Waals surface area contributed by atoms with Gasteiger partial charge >= 0.3 is 0 Å². The zero-order valence-corrected chi connectivity index (χ0v) is 32.5. The van der Waals surface area contributed by atoms with Crippen LogP contribution in [0.5, 0.6) is 0 Å². The smallest absolute Gasteiger partial charge is 0.124 e. The number of aromatic nitrogens is 1. The molecule has 57 heavy (non-hydrogen) atoms.